The summed E-state index contributed by atoms with van der Waals surface area (Å²) in [5, 5.41) is 0.985. The maximum absolute atomic E-state index is 12.4. The van der Waals surface area contributed by atoms with Gasteiger partial charge in [-0.1, -0.05) is 92.2 Å². The van der Waals surface area contributed by atoms with Crippen molar-refractivity contribution in [1.29, 1.82) is 0 Å². The predicted molar refractivity (Wildman–Crippen MR) is 143 cm³/mol. The molecule has 176 valence electrons. The van der Waals surface area contributed by atoms with Crippen LogP contribution < -0.4 is 5.73 Å². The number of aldehydes is 1. The van der Waals surface area contributed by atoms with Crippen molar-refractivity contribution in [2.24, 2.45) is 5.73 Å². The van der Waals surface area contributed by atoms with E-state index in [9.17, 15) is 4.79 Å². The average molecular weight is 472 g/mol. The Bertz CT molecular complexity index is 1150. The van der Waals surface area contributed by atoms with E-state index in [4.69, 9.17) is 5.73 Å². The Balaban J connectivity index is 0.000000636. The minimum Gasteiger partial charge on any atom is -0.333 e. The van der Waals surface area contributed by atoms with E-state index in [1.165, 1.54) is 17.4 Å². The number of carbonyl (C=O) groups excluding carboxylic acids is 1. The SMILES string of the molecule is CCCN.O=CC1(CCCCCSc2nc3ccccc3[nH]2)c2ccccc2-c2ccccc21. The number of nitrogens with zero attached hydrogens (tertiary/aromatic N) is 1. The van der Waals surface area contributed by atoms with Crippen molar-refractivity contribution >= 4 is 29.1 Å². The molecule has 1 aliphatic carbocycles. The summed E-state index contributed by atoms with van der Waals surface area (Å²) in [7, 11) is 0. The lowest BCUT2D eigenvalue weighted by Crippen LogP contribution is -2.27. The van der Waals surface area contributed by atoms with Crippen molar-refractivity contribution in [1.82, 2.24) is 9.97 Å². The molecule has 0 spiro atoms. The largest absolute Gasteiger partial charge is 0.333 e. The number of imidazole rings is 1. The van der Waals surface area contributed by atoms with Crippen molar-refractivity contribution in [2.75, 3.05) is 12.3 Å². The lowest BCUT2D eigenvalue weighted by atomic mass is 9.75. The fraction of sp³-hybridized carbons (Fsp3) is 0.310. The zero-order chi connectivity index (χ0) is 23.8. The molecule has 0 saturated heterocycles. The van der Waals surface area contributed by atoms with Crippen LogP contribution in [0.25, 0.3) is 22.2 Å². The van der Waals surface area contributed by atoms with Gasteiger partial charge < -0.3 is 15.5 Å². The Morgan fingerprint density at radius 1 is 0.912 bits per heavy atom. The monoisotopic (exact) mass is 471 g/mol. The third kappa shape index (κ3) is 4.96. The molecule has 0 fully saturated rings. The van der Waals surface area contributed by atoms with Gasteiger partial charge in [-0.25, -0.2) is 4.98 Å². The summed E-state index contributed by atoms with van der Waals surface area (Å²) in [5.41, 5.74) is 11.4. The second-order valence-electron chi connectivity index (χ2n) is 8.69. The van der Waals surface area contributed by atoms with Crippen LogP contribution in [0.3, 0.4) is 0 Å². The molecule has 3 aromatic carbocycles. The van der Waals surface area contributed by atoms with Gasteiger partial charge >= 0.3 is 0 Å². The molecule has 4 nitrogen and oxygen atoms in total. The summed E-state index contributed by atoms with van der Waals surface area (Å²) >= 11 is 1.77. The highest BCUT2D eigenvalue weighted by Crippen LogP contribution is 2.50. The standard InChI is InChI=1S/C26H24N2OS.C3H9N/c29-18-26(21-12-4-2-10-19(21)20-11-3-5-13-22(20)26)16-8-1-9-17-30-25-27-23-14-6-7-15-24(23)28-25;1-2-3-4/h2-7,10-15,18H,1,8-9,16-17H2,(H,27,28);2-4H2,1H3. The van der Waals surface area contributed by atoms with Crippen LogP contribution in [0.4, 0.5) is 0 Å². The van der Waals surface area contributed by atoms with E-state index in [1.54, 1.807) is 11.8 Å². The topological polar surface area (TPSA) is 71.8 Å². The molecule has 0 bridgehead atoms. The predicted octanol–water partition coefficient (Wildman–Crippen LogP) is 6.74. The molecule has 0 amide bonds. The Hall–Kier alpha value is -2.89. The quantitative estimate of drug-likeness (QED) is 0.161. The lowest BCUT2D eigenvalue weighted by Gasteiger charge is -2.25. The van der Waals surface area contributed by atoms with Crippen LogP contribution in [0.5, 0.6) is 0 Å². The number of benzene rings is 3. The smallest absolute Gasteiger partial charge is 0.166 e. The number of nitrogens with two attached hydrogens (primary N) is 1. The van der Waals surface area contributed by atoms with Crippen molar-refractivity contribution in [3.8, 4) is 11.1 Å². The number of rotatable bonds is 9. The van der Waals surface area contributed by atoms with Crippen LogP contribution in [-0.2, 0) is 10.2 Å². The summed E-state index contributed by atoms with van der Waals surface area (Å²) in [4.78, 5) is 20.4. The second-order valence-corrected chi connectivity index (χ2v) is 9.77. The fourth-order valence-corrected chi connectivity index (χ4v) is 5.55. The van der Waals surface area contributed by atoms with Crippen molar-refractivity contribution in [2.45, 2.75) is 49.6 Å². The molecule has 5 heteroatoms. The molecule has 1 heterocycles. The van der Waals surface area contributed by atoms with Crippen molar-refractivity contribution in [3.05, 3.63) is 83.9 Å². The number of carbonyl (C=O) groups is 1. The normalized spacial score (nSPS) is 13.1. The van der Waals surface area contributed by atoms with E-state index in [0.717, 1.165) is 71.7 Å². The highest BCUT2D eigenvalue weighted by Gasteiger charge is 2.42. The van der Waals surface area contributed by atoms with Crippen LogP contribution in [0.2, 0.25) is 0 Å². The number of aromatic amines is 1. The summed E-state index contributed by atoms with van der Waals surface area (Å²) in [6.45, 7) is 2.88. The van der Waals surface area contributed by atoms with E-state index >= 15 is 0 Å². The summed E-state index contributed by atoms with van der Waals surface area (Å²) in [6.07, 6.45) is 6.38. The fourth-order valence-electron chi connectivity index (χ4n) is 4.66. The Morgan fingerprint density at radius 3 is 2.15 bits per heavy atom. The van der Waals surface area contributed by atoms with Gasteiger partial charge in [0.05, 0.1) is 16.4 Å². The maximum Gasteiger partial charge on any atom is 0.166 e. The van der Waals surface area contributed by atoms with E-state index in [1.807, 2.05) is 30.3 Å². The van der Waals surface area contributed by atoms with Crippen LogP contribution in [0, 0.1) is 0 Å². The molecular weight excluding hydrogens is 438 g/mol. The minimum atomic E-state index is -0.501. The van der Waals surface area contributed by atoms with Gasteiger partial charge in [-0.15, -0.1) is 0 Å². The number of fused-ring (bicyclic) bond motifs is 4. The molecule has 0 aliphatic heterocycles. The molecule has 5 rings (SSSR count). The first kappa shape index (κ1) is 24.2. The number of aromatic nitrogens is 2. The molecule has 0 radical (unpaired) electrons. The number of para-hydroxylation sites is 2. The first-order valence-corrected chi connectivity index (χ1v) is 13.2. The number of H-pyrrole nitrogens is 1. The average Bonchev–Trinajstić information content (AvgIpc) is 3.43. The zero-order valence-electron chi connectivity index (χ0n) is 19.8. The van der Waals surface area contributed by atoms with Crippen LogP contribution in [0.15, 0.2) is 78.0 Å². The van der Waals surface area contributed by atoms with Crippen LogP contribution in [0.1, 0.15) is 50.2 Å². The maximum atomic E-state index is 12.4. The van der Waals surface area contributed by atoms with E-state index in [0.29, 0.717) is 0 Å². The second kappa shape index (κ2) is 11.5. The third-order valence-corrected chi connectivity index (χ3v) is 7.38. The first-order chi connectivity index (χ1) is 16.7. The van der Waals surface area contributed by atoms with E-state index in [2.05, 4.69) is 59.4 Å². The van der Waals surface area contributed by atoms with Gasteiger partial charge in [0.15, 0.2) is 5.16 Å². The molecular formula is C29H33N3OS. The van der Waals surface area contributed by atoms with Crippen LogP contribution in [-0.4, -0.2) is 28.6 Å². The van der Waals surface area contributed by atoms with Crippen LogP contribution >= 0.6 is 11.8 Å². The van der Waals surface area contributed by atoms with Gasteiger partial charge in [0.1, 0.15) is 6.29 Å². The van der Waals surface area contributed by atoms with Gasteiger partial charge in [-0.05, 0) is 60.2 Å². The number of hydrogen-bond acceptors (Lipinski definition) is 4. The van der Waals surface area contributed by atoms with Gasteiger partial charge in [0, 0.05) is 5.75 Å². The molecule has 4 aromatic rings. The molecule has 34 heavy (non-hydrogen) atoms. The minimum absolute atomic E-state index is 0.501. The first-order valence-electron chi connectivity index (χ1n) is 12.2. The Morgan fingerprint density at radius 2 is 1.53 bits per heavy atom. The summed E-state index contributed by atoms with van der Waals surface area (Å²) < 4.78 is 0. The molecule has 0 unspecified atom stereocenters. The lowest BCUT2D eigenvalue weighted by molar-refractivity contribution is -0.111. The van der Waals surface area contributed by atoms with Gasteiger partial charge in [0.25, 0.3) is 0 Å². The number of thioether (sulfide) groups is 1. The zero-order valence-corrected chi connectivity index (χ0v) is 20.6. The van der Waals surface area contributed by atoms with Gasteiger partial charge in [0.2, 0.25) is 0 Å². The van der Waals surface area contributed by atoms with E-state index < -0.39 is 5.41 Å². The highest BCUT2D eigenvalue weighted by atomic mass is 32.2. The van der Waals surface area contributed by atoms with Crippen molar-refractivity contribution < 1.29 is 4.79 Å². The van der Waals surface area contributed by atoms with Gasteiger partial charge in [-0.2, -0.15) is 0 Å². The summed E-state index contributed by atoms with van der Waals surface area (Å²) in [5.74, 6) is 1.03. The number of hydrogen-bond donors (Lipinski definition) is 2. The molecule has 0 atom stereocenters. The van der Waals surface area contributed by atoms with Gasteiger partial charge in [-0.3, -0.25) is 0 Å². The number of unbranched alkanes of at least 4 members (excludes halogenated alkanes) is 2. The molecule has 1 aliphatic rings. The van der Waals surface area contributed by atoms with Crippen molar-refractivity contribution in [3.63, 3.8) is 0 Å². The Kier molecular flexibility index (Phi) is 8.20. The molecule has 3 N–H and O–H groups in total. The molecule has 0 saturated carbocycles. The highest BCUT2D eigenvalue weighted by molar-refractivity contribution is 7.99. The third-order valence-electron chi connectivity index (χ3n) is 6.42. The summed E-state index contributed by atoms with van der Waals surface area (Å²) in [6, 6.07) is 24.9. The molecule has 1 aromatic heterocycles. The van der Waals surface area contributed by atoms with E-state index in [-0.39, 0.29) is 0 Å². The Labute approximate surface area is 206 Å². The number of nitrogens with one attached hydrogen (secondary N) is 1.